The summed E-state index contributed by atoms with van der Waals surface area (Å²) in [4.78, 5) is 11.7. The predicted octanol–water partition coefficient (Wildman–Crippen LogP) is 3.06. The maximum atomic E-state index is 11.9. The smallest absolute Gasteiger partial charge is 0.210 e. The van der Waals surface area contributed by atoms with Crippen LogP contribution in [0.3, 0.4) is 0 Å². The average molecular weight is 283 g/mol. The van der Waals surface area contributed by atoms with Crippen molar-refractivity contribution in [3.05, 3.63) is 59.0 Å². The highest BCUT2D eigenvalue weighted by atomic mass is 35.5. The van der Waals surface area contributed by atoms with Gasteiger partial charge >= 0.3 is 0 Å². The van der Waals surface area contributed by atoms with E-state index in [1.165, 1.54) is 6.26 Å². The van der Waals surface area contributed by atoms with Crippen LogP contribution >= 0.6 is 11.6 Å². The second-order valence-electron chi connectivity index (χ2n) is 3.72. The molecule has 0 aliphatic carbocycles. The molecule has 5 heteroatoms. The number of halogens is 1. The van der Waals surface area contributed by atoms with E-state index in [0.29, 0.717) is 5.02 Å². The van der Waals surface area contributed by atoms with Gasteiger partial charge in [-0.05, 0) is 23.8 Å². The summed E-state index contributed by atoms with van der Waals surface area (Å²) in [5.41, 5.74) is 0.782. The van der Waals surface area contributed by atoms with Crippen LogP contribution in [0.1, 0.15) is 16.1 Å². The SMILES string of the molecule is O=C(CS(=O)Cc1ccccc1Cl)c1ccco1. The Bertz CT molecular complexity index is 563. The Balaban J connectivity index is 1.98. The first kappa shape index (κ1) is 13.1. The third-order valence-electron chi connectivity index (χ3n) is 2.36. The number of Topliss-reactive ketones (excluding diaryl/α,β-unsaturated/α-hetero) is 1. The van der Waals surface area contributed by atoms with Crippen molar-refractivity contribution in [1.29, 1.82) is 0 Å². The number of furan rings is 1. The number of carbonyl (C=O) groups excluding carboxylic acids is 1. The molecule has 0 fully saturated rings. The summed E-state index contributed by atoms with van der Waals surface area (Å²) in [6, 6.07) is 10.4. The molecule has 0 saturated heterocycles. The monoisotopic (exact) mass is 282 g/mol. The normalized spacial score (nSPS) is 12.3. The maximum Gasteiger partial charge on any atom is 0.210 e. The summed E-state index contributed by atoms with van der Waals surface area (Å²) in [6.07, 6.45) is 1.42. The van der Waals surface area contributed by atoms with Crippen LogP contribution in [0.4, 0.5) is 0 Å². The summed E-state index contributed by atoms with van der Waals surface area (Å²) >= 11 is 5.97. The van der Waals surface area contributed by atoms with E-state index in [1.54, 1.807) is 24.3 Å². The maximum absolute atomic E-state index is 11.9. The lowest BCUT2D eigenvalue weighted by molar-refractivity contribution is 0.0991. The lowest BCUT2D eigenvalue weighted by atomic mass is 10.2. The molecule has 0 aliphatic heterocycles. The highest BCUT2D eigenvalue weighted by Gasteiger charge is 2.14. The Morgan fingerprint density at radius 3 is 2.67 bits per heavy atom. The number of hydrogen-bond acceptors (Lipinski definition) is 3. The molecule has 94 valence electrons. The molecule has 0 N–H and O–H groups in total. The van der Waals surface area contributed by atoms with Crippen LogP contribution in [0.2, 0.25) is 5.02 Å². The quantitative estimate of drug-likeness (QED) is 0.792. The highest BCUT2D eigenvalue weighted by molar-refractivity contribution is 7.85. The molecule has 0 radical (unpaired) electrons. The van der Waals surface area contributed by atoms with Gasteiger partial charge in [-0.15, -0.1) is 0 Å². The molecule has 1 atom stereocenters. The Morgan fingerprint density at radius 2 is 2.00 bits per heavy atom. The van der Waals surface area contributed by atoms with Gasteiger partial charge in [-0.1, -0.05) is 29.8 Å². The lowest BCUT2D eigenvalue weighted by Gasteiger charge is -2.03. The molecule has 2 aromatic rings. The first-order valence-electron chi connectivity index (χ1n) is 5.32. The van der Waals surface area contributed by atoms with Gasteiger partial charge in [0.05, 0.1) is 17.8 Å². The Kier molecular flexibility index (Phi) is 4.33. The highest BCUT2D eigenvalue weighted by Crippen LogP contribution is 2.17. The molecule has 0 saturated carbocycles. The molecule has 0 amide bonds. The molecule has 0 spiro atoms. The van der Waals surface area contributed by atoms with Gasteiger partial charge in [0.2, 0.25) is 5.78 Å². The van der Waals surface area contributed by atoms with Gasteiger partial charge in [0.15, 0.2) is 5.76 Å². The number of carbonyl (C=O) groups is 1. The average Bonchev–Trinajstić information content (AvgIpc) is 2.85. The van der Waals surface area contributed by atoms with Crippen LogP contribution in [0, 0.1) is 0 Å². The van der Waals surface area contributed by atoms with Crippen molar-refractivity contribution in [3.8, 4) is 0 Å². The molecular weight excluding hydrogens is 272 g/mol. The minimum Gasteiger partial charge on any atom is -0.461 e. The summed E-state index contributed by atoms with van der Waals surface area (Å²) in [5.74, 6) is 0.193. The van der Waals surface area contributed by atoms with E-state index >= 15 is 0 Å². The zero-order chi connectivity index (χ0) is 13.0. The van der Waals surface area contributed by atoms with Crippen LogP contribution < -0.4 is 0 Å². The van der Waals surface area contributed by atoms with Gasteiger partial charge < -0.3 is 4.42 Å². The fraction of sp³-hybridized carbons (Fsp3) is 0.154. The standard InChI is InChI=1S/C13H11ClO3S/c14-11-5-2-1-4-10(11)8-18(16)9-12(15)13-6-3-7-17-13/h1-7H,8-9H2. The lowest BCUT2D eigenvalue weighted by Crippen LogP contribution is -2.11. The predicted molar refractivity (Wildman–Crippen MR) is 71.2 cm³/mol. The summed E-state index contributed by atoms with van der Waals surface area (Å²) in [7, 11) is -1.29. The first-order chi connectivity index (χ1) is 8.66. The van der Waals surface area contributed by atoms with Crippen molar-refractivity contribution in [2.45, 2.75) is 5.75 Å². The Hall–Kier alpha value is -1.39. The van der Waals surface area contributed by atoms with Gasteiger partial charge in [0.1, 0.15) is 0 Å². The van der Waals surface area contributed by atoms with E-state index in [9.17, 15) is 9.00 Å². The van der Waals surface area contributed by atoms with Crippen molar-refractivity contribution in [2.24, 2.45) is 0 Å². The van der Waals surface area contributed by atoms with Crippen molar-refractivity contribution in [1.82, 2.24) is 0 Å². The fourth-order valence-electron chi connectivity index (χ4n) is 1.49. The van der Waals surface area contributed by atoms with Crippen LogP contribution in [-0.4, -0.2) is 15.7 Å². The van der Waals surface area contributed by atoms with E-state index in [1.807, 2.05) is 12.1 Å². The third kappa shape index (κ3) is 3.31. The number of hydrogen-bond donors (Lipinski definition) is 0. The molecule has 1 unspecified atom stereocenters. The molecule has 0 aliphatic rings. The molecule has 18 heavy (non-hydrogen) atoms. The van der Waals surface area contributed by atoms with Crippen molar-refractivity contribution in [3.63, 3.8) is 0 Å². The Morgan fingerprint density at radius 1 is 1.22 bits per heavy atom. The van der Waals surface area contributed by atoms with Crippen molar-refractivity contribution < 1.29 is 13.4 Å². The molecule has 1 aromatic carbocycles. The number of ketones is 1. The molecule has 2 rings (SSSR count). The van der Waals surface area contributed by atoms with E-state index in [4.69, 9.17) is 16.0 Å². The van der Waals surface area contributed by atoms with Crippen molar-refractivity contribution in [2.75, 3.05) is 5.75 Å². The third-order valence-corrected chi connectivity index (χ3v) is 3.95. The molecular formula is C13H11ClO3S. The van der Waals surface area contributed by atoms with Crippen LogP contribution in [-0.2, 0) is 16.6 Å². The van der Waals surface area contributed by atoms with E-state index in [0.717, 1.165) is 5.56 Å². The van der Waals surface area contributed by atoms with Crippen LogP contribution in [0.25, 0.3) is 0 Å². The summed E-state index contributed by atoms with van der Waals surface area (Å²) in [6.45, 7) is 0. The van der Waals surface area contributed by atoms with E-state index in [2.05, 4.69) is 0 Å². The zero-order valence-corrected chi connectivity index (χ0v) is 11.0. The minimum absolute atomic E-state index is 0.0568. The summed E-state index contributed by atoms with van der Waals surface area (Å²) < 4.78 is 16.8. The largest absolute Gasteiger partial charge is 0.461 e. The minimum atomic E-state index is -1.29. The zero-order valence-electron chi connectivity index (χ0n) is 9.47. The van der Waals surface area contributed by atoms with Crippen LogP contribution in [0.5, 0.6) is 0 Å². The van der Waals surface area contributed by atoms with E-state index < -0.39 is 10.8 Å². The van der Waals surface area contributed by atoms with Gasteiger partial charge in [-0.2, -0.15) is 0 Å². The number of rotatable bonds is 5. The number of benzene rings is 1. The first-order valence-corrected chi connectivity index (χ1v) is 7.18. The molecule has 3 nitrogen and oxygen atoms in total. The fourth-order valence-corrected chi connectivity index (χ4v) is 2.91. The summed E-state index contributed by atoms with van der Waals surface area (Å²) in [5, 5.41) is 0.566. The van der Waals surface area contributed by atoms with Gasteiger partial charge in [0, 0.05) is 15.8 Å². The van der Waals surface area contributed by atoms with E-state index in [-0.39, 0.29) is 23.0 Å². The van der Waals surface area contributed by atoms with Gasteiger partial charge in [0.25, 0.3) is 0 Å². The molecule has 1 heterocycles. The van der Waals surface area contributed by atoms with Gasteiger partial charge in [-0.25, -0.2) is 0 Å². The van der Waals surface area contributed by atoms with Crippen LogP contribution in [0.15, 0.2) is 47.1 Å². The van der Waals surface area contributed by atoms with Crippen molar-refractivity contribution >= 4 is 28.2 Å². The second kappa shape index (κ2) is 5.98. The molecule has 0 bridgehead atoms. The van der Waals surface area contributed by atoms with Gasteiger partial charge in [-0.3, -0.25) is 9.00 Å². The Labute approximate surface area is 112 Å². The molecule has 1 aromatic heterocycles. The topological polar surface area (TPSA) is 47.3 Å². The second-order valence-corrected chi connectivity index (χ2v) is 5.58.